The van der Waals surface area contributed by atoms with Gasteiger partial charge >= 0.3 is 6.09 Å². The van der Waals surface area contributed by atoms with Crippen molar-refractivity contribution >= 4 is 39.1 Å². The van der Waals surface area contributed by atoms with Gasteiger partial charge in [0.2, 0.25) is 9.84 Å². The van der Waals surface area contributed by atoms with Gasteiger partial charge in [-0.15, -0.1) is 0 Å². The standard InChI is InChI=1S/C19H19Cl2NO5S/c1-13-4-6-14(7-5-13)28(24,25)12-26-17-11-18(16(21)10-15(17)20)27-19(23)22-8-2-3-9-22/h4-7,10-11H,2-3,8-9,12H2,1H3. The Bertz CT molecular complexity index is 971. The van der Waals surface area contributed by atoms with Crippen molar-refractivity contribution in [2.75, 3.05) is 19.0 Å². The SMILES string of the molecule is Cc1ccc(S(=O)(=O)COc2cc(OC(=O)N3CCCC3)c(Cl)cc2Cl)cc1. The van der Waals surface area contributed by atoms with Crippen LogP contribution < -0.4 is 9.47 Å². The van der Waals surface area contributed by atoms with Gasteiger partial charge in [0.1, 0.15) is 5.75 Å². The van der Waals surface area contributed by atoms with Gasteiger partial charge in [0.05, 0.1) is 14.9 Å². The van der Waals surface area contributed by atoms with Gasteiger partial charge in [-0.1, -0.05) is 40.9 Å². The number of hydrogen-bond donors (Lipinski definition) is 0. The molecule has 0 spiro atoms. The number of halogens is 2. The summed E-state index contributed by atoms with van der Waals surface area (Å²) >= 11 is 12.2. The van der Waals surface area contributed by atoms with E-state index >= 15 is 0 Å². The predicted octanol–water partition coefficient (Wildman–Crippen LogP) is 4.71. The lowest BCUT2D eigenvalue weighted by atomic mass is 10.2. The number of sulfone groups is 1. The van der Waals surface area contributed by atoms with Gasteiger partial charge in [0, 0.05) is 19.2 Å². The smallest absolute Gasteiger partial charge is 0.415 e. The summed E-state index contributed by atoms with van der Waals surface area (Å²) in [7, 11) is -3.68. The fourth-order valence-corrected chi connectivity index (χ4v) is 4.16. The molecule has 6 nitrogen and oxygen atoms in total. The highest BCUT2D eigenvalue weighted by Gasteiger charge is 2.22. The highest BCUT2D eigenvalue weighted by atomic mass is 35.5. The van der Waals surface area contributed by atoms with Crippen LogP contribution in [0, 0.1) is 6.92 Å². The number of benzene rings is 2. The second-order valence-corrected chi connectivity index (χ2v) is 9.22. The Morgan fingerprint density at radius 3 is 2.29 bits per heavy atom. The number of hydrogen-bond acceptors (Lipinski definition) is 5. The second-order valence-electron chi connectivity index (χ2n) is 6.47. The molecular weight excluding hydrogens is 425 g/mol. The van der Waals surface area contributed by atoms with Crippen molar-refractivity contribution in [2.45, 2.75) is 24.7 Å². The lowest BCUT2D eigenvalue weighted by Gasteiger charge is -2.16. The molecule has 28 heavy (non-hydrogen) atoms. The average Bonchev–Trinajstić information content (AvgIpc) is 3.18. The van der Waals surface area contributed by atoms with Crippen molar-refractivity contribution in [3.8, 4) is 11.5 Å². The summed E-state index contributed by atoms with van der Waals surface area (Å²) in [4.78, 5) is 13.9. The largest absolute Gasteiger partial charge is 0.476 e. The van der Waals surface area contributed by atoms with Crippen LogP contribution in [0.15, 0.2) is 41.3 Å². The van der Waals surface area contributed by atoms with E-state index in [4.69, 9.17) is 32.7 Å². The average molecular weight is 444 g/mol. The number of rotatable bonds is 5. The molecule has 0 atom stereocenters. The second kappa shape index (κ2) is 8.59. The quantitative estimate of drug-likeness (QED) is 0.668. The van der Waals surface area contributed by atoms with Crippen LogP contribution in [0.25, 0.3) is 0 Å². The molecule has 0 bridgehead atoms. The summed E-state index contributed by atoms with van der Waals surface area (Å²) in [6, 6.07) is 9.12. The Kier molecular flexibility index (Phi) is 6.37. The van der Waals surface area contributed by atoms with Crippen LogP contribution in [0.3, 0.4) is 0 Å². The lowest BCUT2D eigenvalue weighted by Crippen LogP contribution is -2.30. The highest BCUT2D eigenvalue weighted by Crippen LogP contribution is 2.36. The molecule has 0 aliphatic carbocycles. The normalized spacial score (nSPS) is 14.2. The van der Waals surface area contributed by atoms with Gasteiger partial charge in [-0.25, -0.2) is 13.2 Å². The number of aryl methyl sites for hydroxylation is 1. The van der Waals surface area contributed by atoms with Gasteiger partial charge in [0.25, 0.3) is 0 Å². The van der Waals surface area contributed by atoms with Crippen LogP contribution in [0.1, 0.15) is 18.4 Å². The van der Waals surface area contributed by atoms with E-state index in [2.05, 4.69) is 0 Å². The van der Waals surface area contributed by atoms with E-state index in [1.807, 2.05) is 6.92 Å². The summed E-state index contributed by atoms with van der Waals surface area (Å²) in [5.41, 5.74) is 0.949. The summed E-state index contributed by atoms with van der Waals surface area (Å²) in [5, 5.41) is 0.247. The van der Waals surface area contributed by atoms with Gasteiger partial charge in [-0.05, 0) is 38.0 Å². The first-order valence-electron chi connectivity index (χ1n) is 8.64. The van der Waals surface area contributed by atoms with Crippen LogP contribution in [0.4, 0.5) is 4.79 Å². The zero-order valence-electron chi connectivity index (χ0n) is 15.2. The zero-order valence-corrected chi connectivity index (χ0v) is 17.5. The van der Waals surface area contributed by atoms with Gasteiger partial charge in [-0.2, -0.15) is 0 Å². The van der Waals surface area contributed by atoms with Crippen molar-refractivity contribution in [1.82, 2.24) is 4.90 Å². The molecule has 0 unspecified atom stereocenters. The molecule has 0 N–H and O–H groups in total. The Balaban J connectivity index is 1.74. The molecule has 1 heterocycles. The summed E-state index contributed by atoms with van der Waals surface area (Å²) < 4.78 is 35.6. The van der Waals surface area contributed by atoms with Crippen LogP contribution in [-0.2, 0) is 9.84 Å². The van der Waals surface area contributed by atoms with Gasteiger partial charge in [0.15, 0.2) is 11.7 Å². The van der Waals surface area contributed by atoms with Crippen molar-refractivity contribution in [3.63, 3.8) is 0 Å². The minimum absolute atomic E-state index is 0.0608. The maximum Gasteiger partial charge on any atom is 0.415 e. The van der Waals surface area contributed by atoms with E-state index < -0.39 is 21.9 Å². The molecule has 1 fully saturated rings. The first-order chi connectivity index (χ1) is 13.3. The molecule has 0 saturated carbocycles. The summed E-state index contributed by atoms with van der Waals surface area (Å²) in [5.74, 6) is -0.492. The van der Waals surface area contributed by atoms with Crippen molar-refractivity contribution < 1.29 is 22.7 Å². The van der Waals surface area contributed by atoms with E-state index in [9.17, 15) is 13.2 Å². The fraction of sp³-hybridized carbons (Fsp3) is 0.316. The van der Waals surface area contributed by atoms with Crippen molar-refractivity contribution in [2.24, 2.45) is 0 Å². The first-order valence-corrected chi connectivity index (χ1v) is 11.0. The molecule has 0 aromatic heterocycles. The monoisotopic (exact) mass is 443 g/mol. The molecule has 150 valence electrons. The Morgan fingerprint density at radius 1 is 1.04 bits per heavy atom. The molecule has 2 aromatic rings. The maximum atomic E-state index is 12.4. The summed E-state index contributed by atoms with van der Waals surface area (Å²) in [6.07, 6.45) is 1.34. The lowest BCUT2D eigenvalue weighted by molar-refractivity contribution is 0.162. The first kappa shape index (κ1) is 20.8. The number of nitrogens with zero attached hydrogens (tertiary/aromatic N) is 1. The van der Waals surface area contributed by atoms with Crippen LogP contribution in [0.5, 0.6) is 11.5 Å². The molecule has 9 heteroatoms. The number of carbonyl (C=O) groups excluding carboxylic acids is 1. The molecule has 1 aliphatic rings. The van der Waals surface area contributed by atoms with E-state index in [1.165, 1.54) is 24.3 Å². The van der Waals surface area contributed by atoms with E-state index in [1.54, 1.807) is 17.0 Å². The van der Waals surface area contributed by atoms with E-state index in [-0.39, 0.29) is 26.4 Å². The highest BCUT2D eigenvalue weighted by molar-refractivity contribution is 7.91. The van der Waals surface area contributed by atoms with Crippen LogP contribution >= 0.6 is 23.2 Å². The third-order valence-corrected chi connectivity index (χ3v) is 6.31. The molecule has 1 aliphatic heterocycles. The van der Waals surface area contributed by atoms with E-state index in [0.717, 1.165) is 18.4 Å². The van der Waals surface area contributed by atoms with Crippen molar-refractivity contribution in [1.29, 1.82) is 0 Å². The van der Waals surface area contributed by atoms with Crippen molar-refractivity contribution in [3.05, 3.63) is 52.0 Å². The van der Waals surface area contributed by atoms with Crippen LogP contribution in [-0.4, -0.2) is 38.4 Å². The zero-order chi connectivity index (χ0) is 20.3. The Labute approximate surface area is 173 Å². The molecule has 1 amide bonds. The van der Waals surface area contributed by atoms with Gasteiger partial charge < -0.3 is 14.4 Å². The molecule has 2 aromatic carbocycles. The minimum atomic E-state index is -3.68. The number of ether oxygens (including phenoxy) is 2. The molecular formula is C19H19Cl2NO5S. The maximum absolute atomic E-state index is 12.4. The molecule has 1 saturated heterocycles. The number of carbonyl (C=O) groups is 1. The molecule has 3 rings (SSSR count). The number of likely N-dealkylation sites (tertiary alicyclic amines) is 1. The Hall–Kier alpha value is -1.96. The Morgan fingerprint density at radius 2 is 1.64 bits per heavy atom. The minimum Gasteiger partial charge on any atom is -0.476 e. The fourth-order valence-electron chi connectivity index (χ4n) is 2.71. The predicted molar refractivity (Wildman–Crippen MR) is 107 cm³/mol. The third kappa shape index (κ3) is 4.90. The third-order valence-electron chi connectivity index (χ3n) is 4.30. The van der Waals surface area contributed by atoms with Crippen LogP contribution in [0.2, 0.25) is 10.0 Å². The molecule has 0 radical (unpaired) electrons. The number of amides is 1. The van der Waals surface area contributed by atoms with Gasteiger partial charge in [-0.3, -0.25) is 0 Å². The summed E-state index contributed by atoms with van der Waals surface area (Å²) in [6.45, 7) is 3.12. The topological polar surface area (TPSA) is 72.9 Å². The van der Waals surface area contributed by atoms with E-state index in [0.29, 0.717) is 13.1 Å².